The first-order valence-electron chi connectivity index (χ1n) is 5.30. The van der Waals surface area contributed by atoms with Crippen LogP contribution >= 0.6 is 11.6 Å². The lowest BCUT2D eigenvalue weighted by atomic mass is 10.1. The smallest absolute Gasteiger partial charge is 0.433 e. The average Bonchev–Trinajstić information content (AvgIpc) is 2.35. The fourth-order valence-corrected chi connectivity index (χ4v) is 1.98. The van der Waals surface area contributed by atoms with Crippen molar-refractivity contribution >= 4 is 28.2 Å². The summed E-state index contributed by atoms with van der Waals surface area (Å²) in [5.41, 5.74) is -0.490. The van der Waals surface area contributed by atoms with Crippen molar-refractivity contribution in [3.63, 3.8) is 0 Å². The Morgan fingerprint density at radius 2 is 1.95 bits per heavy atom. The highest BCUT2D eigenvalue weighted by Crippen LogP contribution is 2.36. The molecule has 0 bridgehead atoms. The highest BCUT2D eigenvalue weighted by atomic mass is 35.5. The van der Waals surface area contributed by atoms with Gasteiger partial charge < -0.3 is 10.1 Å². The van der Waals surface area contributed by atoms with E-state index in [4.69, 9.17) is 16.3 Å². The van der Waals surface area contributed by atoms with E-state index >= 15 is 0 Å². The number of hydrogen-bond donors (Lipinski definition) is 1. The standard InChI is InChI=1S/C12H10ClF3N2O/c1-17-8-5-11(12(14,15)16)18-9-4-10(19-2)7(13)3-6(8)9/h3-5H,1-2H3,(H,17,18). The molecule has 0 amide bonds. The van der Waals surface area contributed by atoms with Crippen molar-refractivity contribution in [2.45, 2.75) is 6.18 Å². The van der Waals surface area contributed by atoms with Gasteiger partial charge in [-0.25, -0.2) is 4.98 Å². The van der Waals surface area contributed by atoms with Crippen LogP contribution in [0.15, 0.2) is 18.2 Å². The molecule has 7 heteroatoms. The van der Waals surface area contributed by atoms with Gasteiger partial charge in [0.2, 0.25) is 0 Å². The molecule has 0 saturated carbocycles. The van der Waals surface area contributed by atoms with Crippen LogP contribution in [0.4, 0.5) is 18.9 Å². The van der Waals surface area contributed by atoms with E-state index in [1.54, 1.807) is 0 Å². The molecule has 0 spiro atoms. The van der Waals surface area contributed by atoms with Crippen molar-refractivity contribution < 1.29 is 17.9 Å². The molecule has 102 valence electrons. The third-order valence-corrected chi connectivity index (χ3v) is 2.94. The molecule has 1 N–H and O–H groups in total. The van der Waals surface area contributed by atoms with E-state index in [1.165, 1.54) is 26.3 Å². The number of hydrogen-bond acceptors (Lipinski definition) is 3. The highest BCUT2D eigenvalue weighted by molar-refractivity contribution is 6.33. The molecule has 0 aliphatic rings. The van der Waals surface area contributed by atoms with E-state index in [0.717, 1.165) is 6.07 Å². The number of halogens is 4. The molecule has 0 aliphatic carbocycles. The van der Waals surface area contributed by atoms with Gasteiger partial charge in [-0.3, -0.25) is 0 Å². The lowest BCUT2D eigenvalue weighted by Crippen LogP contribution is -2.09. The molecular formula is C12H10ClF3N2O. The Balaban J connectivity index is 2.78. The lowest BCUT2D eigenvalue weighted by Gasteiger charge is -2.13. The lowest BCUT2D eigenvalue weighted by molar-refractivity contribution is -0.140. The molecule has 3 nitrogen and oxygen atoms in total. The van der Waals surface area contributed by atoms with Crippen molar-refractivity contribution in [2.24, 2.45) is 0 Å². The SMILES string of the molecule is CNc1cc(C(F)(F)F)nc2cc(OC)c(Cl)cc12. The Kier molecular flexibility index (Phi) is 3.45. The van der Waals surface area contributed by atoms with Gasteiger partial charge in [0, 0.05) is 24.2 Å². The van der Waals surface area contributed by atoms with E-state index in [0.29, 0.717) is 16.1 Å². The van der Waals surface area contributed by atoms with Crippen molar-refractivity contribution in [3.8, 4) is 5.75 Å². The summed E-state index contributed by atoms with van der Waals surface area (Å²) in [7, 11) is 2.92. The number of aromatic nitrogens is 1. The molecule has 0 saturated heterocycles. The first kappa shape index (κ1) is 13.7. The van der Waals surface area contributed by atoms with Crippen LogP contribution < -0.4 is 10.1 Å². The van der Waals surface area contributed by atoms with Gasteiger partial charge in [0.05, 0.1) is 17.6 Å². The zero-order valence-corrected chi connectivity index (χ0v) is 10.9. The van der Waals surface area contributed by atoms with Crippen LogP contribution in [-0.2, 0) is 6.18 Å². The van der Waals surface area contributed by atoms with Crippen molar-refractivity contribution in [3.05, 3.63) is 28.9 Å². The van der Waals surface area contributed by atoms with Crippen LogP contribution in [-0.4, -0.2) is 19.1 Å². The third-order valence-electron chi connectivity index (χ3n) is 2.64. The monoisotopic (exact) mass is 290 g/mol. The van der Waals surface area contributed by atoms with Gasteiger partial charge in [-0.1, -0.05) is 11.6 Å². The second-order valence-corrected chi connectivity index (χ2v) is 4.21. The number of alkyl halides is 3. The quantitative estimate of drug-likeness (QED) is 0.909. The molecular weight excluding hydrogens is 281 g/mol. The second kappa shape index (κ2) is 4.77. The normalized spacial score (nSPS) is 11.7. The molecule has 19 heavy (non-hydrogen) atoms. The Hall–Kier alpha value is -1.69. The van der Waals surface area contributed by atoms with E-state index in [9.17, 15) is 13.2 Å². The van der Waals surface area contributed by atoms with E-state index in [1.807, 2.05) is 0 Å². The summed E-state index contributed by atoms with van der Waals surface area (Å²) < 4.78 is 43.2. The van der Waals surface area contributed by atoms with Gasteiger partial charge in [-0.15, -0.1) is 0 Å². The van der Waals surface area contributed by atoms with Gasteiger partial charge in [0.1, 0.15) is 11.4 Å². The topological polar surface area (TPSA) is 34.2 Å². The fraction of sp³-hybridized carbons (Fsp3) is 0.250. The molecule has 0 unspecified atom stereocenters. The summed E-state index contributed by atoms with van der Waals surface area (Å²) in [6, 6.07) is 3.85. The van der Waals surface area contributed by atoms with Gasteiger partial charge in [-0.05, 0) is 12.1 Å². The molecule has 1 aromatic carbocycles. The first-order valence-corrected chi connectivity index (χ1v) is 5.68. The van der Waals surface area contributed by atoms with Crippen LogP contribution in [0.25, 0.3) is 10.9 Å². The van der Waals surface area contributed by atoms with E-state index in [2.05, 4.69) is 10.3 Å². The summed E-state index contributed by atoms with van der Waals surface area (Å²) in [5, 5.41) is 3.52. The van der Waals surface area contributed by atoms with E-state index < -0.39 is 11.9 Å². The molecule has 1 heterocycles. The van der Waals surface area contributed by atoms with Crippen LogP contribution in [0.5, 0.6) is 5.75 Å². The first-order chi connectivity index (χ1) is 8.86. The molecule has 0 atom stereocenters. The van der Waals surface area contributed by atoms with Crippen LogP contribution in [0.1, 0.15) is 5.69 Å². The minimum atomic E-state index is -4.51. The minimum Gasteiger partial charge on any atom is -0.495 e. The van der Waals surface area contributed by atoms with Crippen LogP contribution in [0.3, 0.4) is 0 Å². The number of nitrogens with one attached hydrogen (secondary N) is 1. The zero-order valence-electron chi connectivity index (χ0n) is 10.1. The van der Waals surface area contributed by atoms with Gasteiger partial charge in [0.25, 0.3) is 0 Å². The molecule has 1 aromatic heterocycles. The van der Waals surface area contributed by atoms with Gasteiger partial charge >= 0.3 is 6.18 Å². The molecule has 2 aromatic rings. The molecule has 0 radical (unpaired) electrons. The molecule has 2 rings (SSSR count). The van der Waals surface area contributed by atoms with Crippen molar-refractivity contribution in [1.29, 1.82) is 0 Å². The van der Waals surface area contributed by atoms with E-state index in [-0.39, 0.29) is 11.3 Å². The van der Waals surface area contributed by atoms with Crippen molar-refractivity contribution in [1.82, 2.24) is 4.98 Å². The second-order valence-electron chi connectivity index (χ2n) is 3.81. The van der Waals surface area contributed by atoms with Crippen molar-refractivity contribution in [2.75, 3.05) is 19.5 Å². The summed E-state index contributed by atoms with van der Waals surface area (Å²) in [5.74, 6) is 0.281. The summed E-state index contributed by atoms with van der Waals surface area (Å²) in [4.78, 5) is 3.60. The van der Waals surface area contributed by atoms with Crippen LogP contribution in [0, 0.1) is 0 Å². The van der Waals surface area contributed by atoms with Crippen LogP contribution in [0.2, 0.25) is 5.02 Å². The Morgan fingerprint density at radius 1 is 1.26 bits per heavy atom. The highest BCUT2D eigenvalue weighted by Gasteiger charge is 2.33. The Bertz CT molecular complexity index is 628. The number of nitrogens with zero attached hydrogens (tertiary/aromatic N) is 1. The molecule has 0 aliphatic heterocycles. The Morgan fingerprint density at radius 3 is 2.47 bits per heavy atom. The number of ether oxygens (including phenoxy) is 1. The number of pyridine rings is 1. The minimum absolute atomic E-state index is 0.167. The summed E-state index contributed by atoms with van der Waals surface area (Å²) in [6.45, 7) is 0. The zero-order chi connectivity index (χ0) is 14.2. The third kappa shape index (κ3) is 2.53. The predicted octanol–water partition coefficient (Wildman–Crippen LogP) is 3.96. The number of methoxy groups -OCH3 is 1. The average molecular weight is 291 g/mol. The fourth-order valence-electron chi connectivity index (χ4n) is 1.74. The maximum absolute atomic E-state index is 12.7. The summed E-state index contributed by atoms with van der Waals surface area (Å²) >= 11 is 5.96. The number of anilines is 1. The maximum Gasteiger partial charge on any atom is 0.433 e. The Labute approximate surface area is 112 Å². The van der Waals surface area contributed by atoms with Gasteiger partial charge in [-0.2, -0.15) is 13.2 Å². The van der Waals surface area contributed by atoms with Gasteiger partial charge in [0.15, 0.2) is 0 Å². The maximum atomic E-state index is 12.7. The predicted molar refractivity (Wildman–Crippen MR) is 67.9 cm³/mol. The number of rotatable bonds is 2. The number of fused-ring (bicyclic) bond motifs is 1. The number of benzene rings is 1. The molecule has 0 fully saturated rings. The largest absolute Gasteiger partial charge is 0.495 e. The summed E-state index contributed by atoms with van der Waals surface area (Å²) in [6.07, 6.45) is -4.51.